The molecule has 0 fully saturated rings. The van der Waals surface area contributed by atoms with Crippen molar-refractivity contribution in [3.8, 4) is 11.5 Å². The SMILES string of the molecule is CCCCOC(=O)COc1ccc(C[C@H](NC(=O)OC(C)(C)C)[C@@H](O)CN[C@H]2Cc3ccc(cc3)OCCCNC(=O)[C@H](C(C)CC)NC2=O)cc1. The lowest BCUT2D eigenvalue weighted by Crippen LogP contribution is -2.57. The minimum Gasteiger partial charge on any atom is -0.494 e. The second-order valence-electron chi connectivity index (χ2n) is 14.2. The molecule has 2 aliphatic rings. The number of esters is 1. The van der Waals surface area contributed by atoms with Crippen molar-refractivity contribution in [3.63, 3.8) is 0 Å². The fourth-order valence-electron chi connectivity index (χ4n) is 5.39. The van der Waals surface area contributed by atoms with Gasteiger partial charge in [-0.25, -0.2) is 9.59 Å². The van der Waals surface area contributed by atoms with Gasteiger partial charge < -0.3 is 45.3 Å². The van der Waals surface area contributed by atoms with E-state index in [4.69, 9.17) is 18.9 Å². The second kappa shape index (κ2) is 21.2. The van der Waals surface area contributed by atoms with E-state index in [1.54, 1.807) is 45.0 Å². The van der Waals surface area contributed by atoms with Gasteiger partial charge in [0.25, 0.3) is 0 Å². The molecule has 2 bridgehead atoms. The van der Waals surface area contributed by atoms with Gasteiger partial charge in [-0.2, -0.15) is 0 Å². The highest BCUT2D eigenvalue weighted by molar-refractivity contribution is 5.90. The van der Waals surface area contributed by atoms with Gasteiger partial charge in [-0.05, 0) is 87.8 Å². The van der Waals surface area contributed by atoms with E-state index in [2.05, 4.69) is 21.3 Å². The van der Waals surface area contributed by atoms with Crippen LogP contribution < -0.4 is 30.7 Å². The molecule has 52 heavy (non-hydrogen) atoms. The summed E-state index contributed by atoms with van der Waals surface area (Å²) in [4.78, 5) is 51.8. The van der Waals surface area contributed by atoms with Crippen LogP contribution in [0.25, 0.3) is 0 Å². The maximum Gasteiger partial charge on any atom is 0.407 e. The van der Waals surface area contributed by atoms with Gasteiger partial charge >= 0.3 is 12.1 Å². The van der Waals surface area contributed by atoms with Crippen molar-refractivity contribution < 1.29 is 43.2 Å². The number of aliphatic hydroxyl groups excluding tert-OH is 1. The lowest BCUT2D eigenvalue weighted by molar-refractivity contribution is -0.146. The first kappa shape index (κ1) is 42.1. The topological polar surface area (TPSA) is 174 Å². The van der Waals surface area contributed by atoms with Crippen molar-refractivity contribution >= 4 is 23.9 Å². The molecule has 1 unspecified atom stereocenters. The van der Waals surface area contributed by atoms with Gasteiger partial charge in [-0.1, -0.05) is 57.9 Å². The summed E-state index contributed by atoms with van der Waals surface area (Å²) >= 11 is 0. The fraction of sp³-hybridized carbons (Fsp3) is 0.590. The van der Waals surface area contributed by atoms with Crippen LogP contribution >= 0.6 is 0 Å². The van der Waals surface area contributed by atoms with Crippen molar-refractivity contribution in [1.82, 2.24) is 21.3 Å². The molecule has 0 saturated heterocycles. The van der Waals surface area contributed by atoms with Crippen molar-refractivity contribution in [2.45, 2.75) is 110 Å². The number of alkyl carbamates (subject to hydrolysis) is 1. The van der Waals surface area contributed by atoms with Crippen molar-refractivity contribution in [1.29, 1.82) is 0 Å². The molecular weight excluding hydrogens is 668 g/mol. The maximum atomic E-state index is 13.8. The Bertz CT molecular complexity index is 1410. The van der Waals surface area contributed by atoms with Crippen LogP contribution in [0.2, 0.25) is 0 Å². The standard InChI is InChI=1S/C39H58N4O9/c1-7-9-20-50-34(45)25-51-30-17-13-27(14-18-30)22-31(42-38(48)52-39(4,5)6)33(44)24-41-32-23-28-11-15-29(16-12-28)49-21-10-19-40-37(47)35(26(3)8-2)43-36(32)46/h11-18,26,31-33,35,41,44H,7-10,19-25H2,1-6H3,(H,40,47)(H,42,48)(H,43,46)/t26?,31-,32-,33-,35-/m0/s1. The number of carbonyl (C=O) groups is 4. The normalized spacial score (nSPS) is 18.7. The van der Waals surface area contributed by atoms with E-state index in [0.717, 1.165) is 24.0 Å². The Labute approximate surface area is 307 Å². The molecular formula is C39H58N4O9. The minimum atomic E-state index is -1.16. The second-order valence-corrected chi connectivity index (χ2v) is 14.2. The molecule has 5 N–H and O–H groups in total. The quantitative estimate of drug-likeness (QED) is 0.134. The molecule has 13 heteroatoms. The minimum absolute atomic E-state index is 0.0682. The highest BCUT2D eigenvalue weighted by atomic mass is 16.6. The molecule has 2 aliphatic heterocycles. The first-order chi connectivity index (χ1) is 24.8. The van der Waals surface area contributed by atoms with E-state index in [1.165, 1.54) is 0 Å². The molecule has 288 valence electrons. The van der Waals surface area contributed by atoms with Gasteiger partial charge in [0, 0.05) is 13.1 Å². The van der Waals surface area contributed by atoms with Crippen LogP contribution in [-0.4, -0.2) is 91.7 Å². The molecule has 3 amide bonds. The number of fused-ring (bicyclic) bond motifs is 12. The molecule has 0 radical (unpaired) electrons. The number of hydrogen-bond donors (Lipinski definition) is 5. The predicted molar refractivity (Wildman–Crippen MR) is 197 cm³/mol. The Balaban J connectivity index is 1.77. The third-order valence-corrected chi connectivity index (χ3v) is 8.60. The zero-order valence-corrected chi connectivity index (χ0v) is 31.5. The summed E-state index contributed by atoms with van der Waals surface area (Å²) < 4.78 is 22.0. The Kier molecular flexibility index (Phi) is 17.2. The Hall–Kier alpha value is -4.36. The zero-order chi connectivity index (χ0) is 38.1. The first-order valence-electron chi connectivity index (χ1n) is 18.4. The van der Waals surface area contributed by atoms with Crippen molar-refractivity contribution in [3.05, 3.63) is 59.7 Å². The first-order valence-corrected chi connectivity index (χ1v) is 18.4. The molecule has 2 heterocycles. The Morgan fingerprint density at radius 2 is 1.75 bits per heavy atom. The van der Waals surface area contributed by atoms with E-state index in [0.29, 0.717) is 44.1 Å². The smallest absolute Gasteiger partial charge is 0.407 e. The number of ether oxygens (including phenoxy) is 4. The van der Waals surface area contributed by atoms with Crippen LogP contribution in [0.1, 0.15) is 78.4 Å². The number of hydrogen-bond acceptors (Lipinski definition) is 10. The summed E-state index contributed by atoms with van der Waals surface area (Å²) in [6, 6.07) is 12.0. The lowest BCUT2D eigenvalue weighted by atomic mass is 9.96. The summed E-state index contributed by atoms with van der Waals surface area (Å²) in [5.41, 5.74) is 0.860. The third kappa shape index (κ3) is 15.1. The number of rotatable bonds is 15. The van der Waals surface area contributed by atoms with Crippen LogP contribution in [0.5, 0.6) is 11.5 Å². The molecule has 4 rings (SSSR count). The van der Waals surface area contributed by atoms with Gasteiger partial charge in [0.2, 0.25) is 11.8 Å². The van der Waals surface area contributed by atoms with E-state index < -0.39 is 41.9 Å². The number of aliphatic hydroxyl groups is 1. The monoisotopic (exact) mass is 726 g/mol. The summed E-state index contributed by atoms with van der Waals surface area (Å²) in [5, 5.41) is 23.4. The molecule has 0 aliphatic carbocycles. The maximum absolute atomic E-state index is 13.8. The van der Waals surface area contributed by atoms with Crippen molar-refractivity contribution in [2.24, 2.45) is 5.92 Å². The van der Waals surface area contributed by atoms with Crippen LogP contribution in [0.15, 0.2) is 48.5 Å². The molecule has 5 atom stereocenters. The summed E-state index contributed by atoms with van der Waals surface area (Å²) in [7, 11) is 0. The molecule has 0 spiro atoms. The van der Waals surface area contributed by atoms with Gasteiger partial charge in [-0.15, -0.1) is 0 Å². The Morgan fingerprint density at radius 3 is 2.40 bits per heavy atom. The number of nitrogens with one attached hydrogen (secondary N) is 4. The van der Waals surface area contributed by atoms with E-state index >= 15 is 0 Å². The van der Waals surface area contributed by atoms with E-state index in [1.807, 2.05) is 45.0 Å². The van der Waals surface area contributed by atoms with Crippen LogP contribution in [-0.2, 0) is 36.7 Å². The van der Waals surface area contributed by atoms with Gasteiger partial charge in [0.05, 0.1) is 31.4 Å². The van der Waals surface area contributed by atoms with Crippen LogP contribution in [0.3, 0.4) is 0 Å². The summed E-state index contributed by atoms with van der Waals surface area (Å²) in [6.07, 6.45) is 1.63. The average Bonchev–Trinajstić information content (AvgIpc) is 3.11. The van der Waals surface area contributed by atoms with Crippen LogP contribution in [0.4, 0.5) is 4.79 Å². The van der Waals surface area contributed by atoms with Crippen LogP contribution in [0, 0.1) is 5.92 Å². The number of amides is 3. The predicted octanol–water partition coefficient (Wildman–Crippen LogP) is 3.84. The van der Waals surface area contributed by atoms with Gasteiger partial charge in [0.15, 0.2) is 6.61 Å². The number of benzene rings is 2. The van der Waals surface area contributed by atoms with E-state index in [9.17, 15) is 24.3 Å². The van der Waals surface area contributed by atoms with Gasteiger partial charge in [0.1, 0.15) is 23.1 Å². The van der Waals surface area contributed by atoms with Gasteiger partial charge in [-0.3, -0.25) is 9.59 Å². The third-order valence-electron chi connectivity index (χ3n) is 8.60. The average molecular weight is 727 g/mol. The molecule has 0 saturated carbocycles. The number of carbonyl (C=O) groups excluding carboxylic acids is 4. The molecule has 13 nitrogen and oxygen atoms in total. The number of unbranched alkanes of at least 4 members (excludes halogenated alkanes) is 1. The summed E-state index contributed by atoms with van der Waals surface area (Å²) in [6.45, 7) is 12.0. The Morgan fingerprint density at radius 1 is 1.04 bits per heavy atom. The molecule has 0 aromatic heterocycles. The highest BCUT2D eigenvalue weighted by Crippen LogP contribution is 2.18. The zero-order valence-electron chi connectivity index (χ0n) is 31.5. The van der Waals surface area contributed by atoms with E-state index in [-0.39, 0.29) is 43.7 Å². The lowest BCUT2D eigenvalue weighted by Gasteiger charge is -2.29. The molecule has 2 aromatic rings. The van der Waals surface area contributed by atoms with Crippen molar-refractivity contribution in [2.75, 3.05) is 32.9 Å². The summed E-state index contributed by atoms with van der Waals surface area (Å²) in [5.74, 6) is -0.0667. The fourth-order valence-corrected chi connectivity index (χ4v) is 5.39. The highest BCUT2D eigenvalue weighted by Gasteiger charge is 2.31. The molecule has 2 aromatic carbocycles. The largest absolute Gasteiger partial charge is 0.494 e.